The number of urea groups is 1. The van der Waals surface area contributed by atoms with Crippen LogP contribution < -0.4 is 10.6 Å². The molecule has 1 saturated heterocycles. The summed E-state index contributed by atoms with van der Waals surface area (Å²) >= 11 is 0. The van der Waals surface area contributed by atoms with Crippen molar-refractivity contribution in [1.29, 1.82) is 0 Å². The molecule has 1 fully saturated rings. The summed E-state index contributed by atoms with van der Waals surface area (Å²) in [5.41, 5.74) is 0.879. The summed E-state index contributed by atoms with van der Waals surface area (Å²) < 4.78 is 37.1. The summed E-state index contributed by atoms with van der Waals surface area (Å²) in [6.07, 6.45) is -0.706. The second kappa shape index (κ2) is 7.50. The molecule has 1 aliphatic rings. The lowest BCUT2D eigenvalue weighted by atomic mass is 10.1. The summed E-state index contributed by atoms with van der Waals surface area (Å²) in [5, 5.41) is 5.32. The number of hydrogen-bond donors (Lipinski definition) is 2. The fourth-order valence-electron chi connectivity index (χ4n) is 2.64. The first-order chi connectivity index (χ1) is 11.3. The molecule has 2 rings (SSSR count). The minimum absolute atomic E-state index is 0.129. The molecule has 24 heavy (non-hydrogen) atoms. The van der Waals surface area contributed by atoms with Crippen LogP contribution in [-0.2, 0) is 4.79 Å². The SMILES string of the molecule is CC[C@H](NC(=O)N[C@H]1CC(=O)N(CC(F)(F)F)C1)c1ccncc1. The molecule has 0 aliphatic carbocycles. The lowest BCUT2D eigenvalue weighted by molar-refractivity contribution is -0.157. The van der Waals surface area contributed by atoms with E-state index in [1.807, 2.05) is 6.92 Å². The Balaban J connectivity index is 1.87. The number of halogens is 3. The molecule has 0 spiro atoms. The third kappa shape index (κ3) is 5.10. The standard InChI is InChI=1S/C15H19F3N4O2/c1-2-12(10-3-5-19-6-4-10)21-14(24)20-11-7-13(23)22(8-11)9-15(16,17)18/h3-6,11-12H,2,7-9H2,1H3,(H2,20,21,24)/t11-,12-/m0/s1. The van der Waals surface area contributed by atoms with Gasteiger partial charge in [-0.3, -0.25) is 9.78 Å². The topological polar surface area (TPSA) is 74.3 Å². The van der Waals surface area contributed by atoms with Crippen molar-refractivity contribution in [2.45, 2.75) is 38.0 Å². The number of rotatable bonds is 5. The van der Waals surface area contributed by atoms with Gasteiger partial charge in [-0.25, -0.2) is 4.79 Å². The van der Waals surface area contributed by atoms with Crippen LogP contribution in [0.15, 0.2) is 24.5 Å². The molecule has 2 heterocycles. The van der Waals surface area contributed by atoms with Crippen molar-refractivity contribution in [3.05, 3.63) is 30.1 Å². The van der Waals surface area contributed by atoms with Gasteiger partial charge in [-0.1, -0.05) is 6.92 Å². The maximum absolute atomic E-state index is 12.4. The first kappa shape index (κ1) is 18.0. The molecule has 1 aromatic rings. The monoisotopic (exact) mass is 344 g/mol. The summed E-state index contributed by atoms with van der Waals surface area (Å²) in [6.45, 7) is 0.466. The van der Waals surface area contributed by atoms with Crippen LogP contribution in [0.2, 0.25) is 0 Å². The van der Waals surface area contributed by atoms with E-state index in [4.69, 9.17) is 0 Å². The summed E-state index contributed by atoms with van der Waals surface area (Å²) in [7, 11) is 0. The van der Waals surface area contributed by atoms with Gasteiger partial charge in [0.15, 0.2) is 0 Å². The van der Waals surface area contributed by atoms with Gasteiger partial charge in [0.2, 0.25) is 5.91 Å². The van der Waals surface area contributed by atoms with E-state index in [9.17, 15) is 22.8 Å². The number of aromatic nitrogens is 1. The number of amides is 3. The van der Waals surface area contributed by atoms with Gasteiger partial charge in [-0.05, 0) is 24.1 Å². The summed E-state index contributed by atoms with van der Waals surface area (Å²) in [6, 6.07) is 2.17. The van der Waals surface area contributed by atoms with Crippen LogP contribution in [0.4, 0.5) is 18.0 Å². The van der Waals surface area contributed by atoms with Crippen LogP contribution in [0.1, 0.15) is 31.4 Å². The Labute approximate surface area is 137 Å². The fourth-order valence-corrected chi connectivity index (χ4v) is 2.64. The Morgan fingerprint density at radius 1 is 1.42 bits per heavy atom. The molecule has 132 valence electrons. The van der Waals surface area contributed by atoms with Gasteiger partial charge in [0.25, 0.3) is 0 Å². The van der Waals surface area contributed by atoms with Crippen molar-refractivity contribution in [2.24, 2.45) is 0 Å². The normalized spacial score (nSPS) is 19.2. The van der Waals surface area contributed by atoms with E-state index >= 15 is 0 Å². The molecular formula is C15H19F3N4O2. The first-order valence-corrected chi connectivity index (χ1v) is 7.60. The van der Waals surface area contributed by atoms with Crippen molar-refractivity contribution < 1.29 is 22.8 Å². The Hall–Kier alpha value is -2.32. The Morgan fingerprint density at radius 2 is 2.08 bits per heavy atom. The lowest BCUT2D eigenvalue weighted by Crippen LogP contribution is -2.45. The number of pyridine rings is 1. The molecule has 1 aromatic heterocycles. The molecule has 6 nitrogen and oxygen atoms in total. The molecule has 1 aliphatic heterocycles. The van der Waals surface area contributed by atoms with Gasteiger partial charge in [0.1, 0.15) is 6.54 Å². The third-order valence-electron chi connectivity index (χ3n) is 3.74. The van der Waals surface area contributed by atoms with Crippen molar-refractivity contribution in [3.8, 4) is 0 Å². The van der Waals surface area contributed by atoms with Gasteiger partial charge in [-0.15, -0.1) is 0 Å². The lowest BCUT2D eigenvalue weighted by Gasteiger charge is -2.21. The van der Waals surface area contributed by atoms with E-state index in [1.54, 1.807) is 24.5 Å². The zero-order valence-corrected chi connectivity index (χ0v) is 13.1. The molecular weight excluding hydrogens is 325 g/mol. The van der Waals surface area contributed by atoms with Gasteiger partial charge < -0.3 is 15.5 Å². The largest absolute Gasteiger partial charge is 0.406 e. The maximum atomic E-state index is 12.4. The summed E-state index contributed by atoms with van der Waals surface area (Å²) in [5.74, 6) is -0.612. The number of likely N-dealkylation sites (tertiary alicyclic amines) is 1. The average molecular weight is 344 g/mol. The van der Waals surface area contributed by atoms with E-state index in [1.165, 1.54) is 0 Å². The second-order valence-corrected chi connectivity index (χ2v) is 5.65. The van der Waals surface area contributed by atoms with Gasteiger partial charge in [-0.2, -0.15) is 13.2 Å². The Morgan fingerprint density at radius 3 is 2.67 bits per heavy atom. The van der Waals surface area contributed by atoms with Crippen molar-refractivity contribution in [2.75, 3.05) is 13.1 Å². The van der Waals surface area contributed by atoms with Gasteiger partial charge >= 0.3 is 12.2 Å². The van der Waals surface area contributed by atoms with E-state index in [2.05, 4.69) is 15.6 Å². The molecule has 0 bridgehead atoms. The smallest absolute Gasteiger partial charge is 0.333 e. The van der Waals surface area contributed by atoms with E-state index in [-0.39, 0.29) is 19.0 Å². The van der Waals surface area contributed by atoms with E-state index in [0.717, 1.165) is 5.56 Å². The number of nitrogens with zero attached hydrogens (tertiary/aromatic N) is 2. The fraction of sp³-hybridized carbons (Fsp3) is 0.533. The predicted octanol–water partition coefficient (Wildman–Crippen LogP) is 2.00. The molecule has 2 N–H and O–H groups in total. The molecule has 0 aromatic carbocycles. The van der Waals surface area contributed by atoms with Gasteiger partial charge in [0, 0.05) is 25.4 Å². The first-order valence-electron chi connectivity index (χ1n) is 7.60. The van der Waals surface area contributed by atoms with Gasteiger partial charge in [0.05, 0.1) is 12.1 Å². The number of hydrogen-bond acceptors (Lipinski definition) is 3. The molecule has 0 saturated carbocycles. The highest BCUT2D eigenvalue weighted by molar-refractivity contribution is 5.81. The average Bonchev–Trinajstić information content (AvgIpc) is 2.83. The van der Waals surface area contributed by atoms with E-state index in [0.29, 0.717) is 11.3 Å². The highest BCUT2D eigenvalue weighted by Crippen LogP contribution is 2.21. The molecule has 0 radical (unpaired) electrons. The van der Waals surface area contributed by atoms with Crippen LogP contribution in [0.3, 0.4) is 0 Å². The Bertz CT molecular complexity index is 580. The van der Waals surface area contributed by atoms with Crippen LogP contribution in [0.5, 0.6) is 0 Å². The van der Waals surface area contributed by atoms with Crippen molar-refractivity contribution in [3.63, 3.8) is 0 Å². The number of nitrogens with one attached hydrogen (secondary N) is 2. The maximum Gasteiger partial charge on any atom is 0.406 e. The number of alkyl halides is 3. The second-order valence-electron chi connectivity index (χ2n) is 5.65. The molecule has 2 atom stereocenters. The van der Waals surface area contributed by atoms with Crippen molar-refractivity contribution in [1.82, 2.24) is 20.5 Å². The molecule has 0 unspecified atom stereocenters. The minimum Gasteiger partial charge on any atom is -0.333 e. The van der Waals surface area contributed by atoms with Crippen LogP contribution in [0, 0.1) is 0 Å². The predicted molar refractivity (Wildman–Crippen MR) is 80.0 cm³/mol. The minimum atomic E-state index is -4.44. The summed E-state index contributed by atoms with van der Waals surface area (Å²) in [4.78, 5) is 28.3. The molecule has 9 heteroatoms. The molecule has 3 amide bonds. The van der Waals surface area contributed by atoms with Crippen molar-refractivity contribution >= 4 is 11.9 Å². The van der Waals surface area contributed by atoms with Crippen LogP contribution >= 0.6 is 0 Å². The van der Waals surface area contributed by atoms with E-state index < -0.39 is 30.7 Å². The zero-order chi connectivity index (χ0) is 17.7. The highest BCUT2D eigenvalue weighted by Gasteiger charge is 2.38. The number of carbonyl (C=O) groups excluding carboxylic acids is 2. The number of carbonyl (C=O) groups is 2. The zero-order valence-electron chi connectivity index (χ0n) is 13.1. The van der Waals surface area contributed by atoms with Crippen LogP contribution in [-0.4, -0.2) is 47.1 Å². The van der Waals surface area contributed by atoms with Crippen LogP contribution in [0.25, 0.3) is 0 Å². The quantitative estimate of drug-likeness (QED) is 0.858. The Kier molecular flexibility index (Phi) is 5.63. The third-order valence-corrected chi connectivity index (χ3v) is 3.74. The highest BCUT2D eigenvalue weighted by atomic mass is 19.4.